The summed E-state index contributed by atoms with van der Waals surface area (Å²) in [6, 6.07) is 16.0. The number of alkyl halides is 3. The molecule has 5 rings (SSSR count). The van der Waals surface area contributed by atoms with Crippen LogP contribution in [0.2, 0.25) is 0 Å². The number of carbonyl (C=O) groups is 1. The molecule has 8 nitrogen and oxygen atoms in total. The second kappa shape index (κ2) is 11.4. The quantitative estimate of drug-likeness (QED) is 0.249. The van der Waals surface area contributed by atoms with E-state index in [1.807, 2.05) is 51.1 Å². The first-order valence-corrected chi connectivity index (χ1v) is 13.4. The van der Waals surface area contributed by atoms with E-state index in [2.05, 4.69) is 15.3 Å². The SMILES string of the molecule is CC(C)(C)c1nc(-c2ccnc(Nc3ccccc3)n2)c(-c2cccc(C(F)(F)F)c2)n1C=C[C@@H]1C[C@@H](O)CC(=O)O1. The first-order chi connectivity index (χ1) is 19.9. The van der Waals surface area contributed by atoms with Gasteiger partial charge in [-0.05, 0) is 36.4 Å². The van der Waals surface area contributed by atoms with E-state index >= 15 is 0 Å². The summed E-state index contributed by atoms with van der Waals surface area (Å²) < 4.78 is 48.4. The lowest BCUT2D eigenvalue weighted by molar-refractivity contribution is -0.156. The molecule has 1 aliphatic rings. The number of anilines is 2. The van der Waals surface area contributed by atoms with Gasteiger partial charge in [-0.1, -0.05) is 51.1 Å². The molecule has 42 heavy (non-hydrogen) atoms. The van der Waals surface area contributed by atoms with Crippen molar-refractivity contribution in [1.82, 2.24) is 19.5 Å². The normalized spacial score (nSPS) is 17.8. The topological polar surface area (TPSA) is 102 Å². The van der Waals surface area contributed by atoms with Gasteiger partial charge >= 0.3 is 12.1 Å². The predicted octanol–water partition coefficient (Wildman–Crippen LogP) is 6.60. The van der Waals surface area contributed by atoms with Crippen LogP contribution in [0.3, 0.4) is 0 Å². The maximum atomic E-state index is 13.8. The van der Waals surface area contributed by atoms with Crippen molar-refractivity contribution in [2.24, 2.45) is 0 Å². The Morgan fingerprint density at radius 2 is 1.81 bits per heavy atom. The number of benzene rings is 2. The molecule has 1 aliphatic heterocycles. The van der Waals surface area contributed by atoms with Crippen molar-refractivity contribution in [3.8, 4) is 22.6 Å². The number of halogens is 3. The van der Waals surface area contributed by atoms with Crippen molar-refractivity contribution >= 4 is 23.8 Å². The molecule has 0 radical (unpaired) electrons. The van der Waals surface area contributed by atoms with E-state index < -0.39 is 35.3 Å². The number of aromatic nitrogens is 4. The highest BCUT2D eigenvalue weighted by Gasteiger charge is 2.33. The van der Waals surface area contributed by atoms with Crippen molar-refractivity contribution in [3.63, 3.8) is 0 Å². The minimum absolute atomic E-state index is 0.0879. The highest BCUT2D eigenvalue weighted by Crippen LogP contribution is 2.39. The Hall–Kier alpha value is -4.51. The molecular formula is C31H30F3N5O3. The monoisotopic (exact) mass is 577 g/mol. The minimum atomic E-state index is -4.56. The summed E-state index contributed by atoms with van der Waals surface area (Å²) in [5.74, 6) is 0.308. The molecule has 2 atom stereocenters. The lowest BCUT2D eigenvalue weighted by Gasteiger charge is -2.24. The number of nitrogens with one attached hydrogen (secondary N) is 1. The molecule has 218 valence electrons. The fourth-order valence-electron chi connectivity index (χ4n) is 4.71. The zero-order valence-corrected chi connectivity index (χ0v) is 23.3. The van der Waals surface area contributed by atoms with Gasteiger partial charge in [-0.25, -0.2) is 15.0 Å². The molecule has 0 amide bonds. The summed E-state index contributed by atoms with van der Waals surface area (Å²) in [5, 5.41) is 13.2. The van der Waals surface area contributed by atoms with E-state index in [4.69, 9.17) is 9.72 Å². The predicted molar refractivity (Wildman–Crippen MR) is 153 cm³/mol. The fraction of sp³-hybridized carbons (Fsp3) is 0.290. The van der Waals surface area contributed by atoms with Crippen LogP contribution in [0.25, 0.3) is 28.8 Å². The van der Waals surface area contributed by atoms with Crippen molar-refractivity contribution in [2.75, 3.05) is 5.32 Å². The molecular weight excluding hydrogens is 547 g/mol. The van der Waals surface area contributed by atoms with Gasteiger partial charge in [-0.3, -0.25) is 4.79 Å². The third-order valence-corrected chi connectivity index (χ3v) is 6.61. The number of aliphatic hydroxyl groups is 1. The number of ether oxygens (including phenoxy) is 1. The number of cyclic esters (lactones) is 1. The van der Waals surface area contributed by atoms with Crippen LogP contribution >= 0.6 is 0 Å². The zero-order chi connectivity index (χ0) is 30.1. The molecule has 2 aromatic carbocycles. The number of esters is 1. The highest BCUT2D eigenvalue weighted by molar-refractivity contribution is 5.80. The first-order valence-electron chi connectivity index (χ1n) is 13.4. The van der Waals surface area contributed by atoms with Crippen LogP contribution in [0.4, 0.5) is 24.8 Å². The molecule has 1 fully saturated rings. The molecule has 3 heterocycles. The maximum Gasteiger partial charge on any atom is 0.416 e. The Bertz CT molecular complexity index is 1610. The van der Waals surface area contributed by atoms with Crippen LogP contribution in [0.15, 0.2) is 72.9 Å². The molecule has 0 unspecified atom stereocenters. The van der Waals surface area contributed by atoms with Gasteiger partial charge in [0, 0.05) is 35.5 Å². The number of carbonyl (C=O) groups excluding carboxylic acids is 1. The number of aliphatic hydroxyl groups excluding tert-OH is 1. The minimum Gasteiger partial charge on any atom is -0.458 e. The van der Waals surface area contributed by atoms with E-state index in [0.29, 0.717) is 28.9 Å². The maximum absolute atomic E-state index is 13.8. The zero-order valence-electron chi connectivity index (χ0n) is 23.3. The lowest BCUT2D eigenvalue weighted by Crippen LogP contribution is -2.31. The van der Waals surface area contributed by atoms with Crippen molar-refractivity contribution in [1.29, 1.82) is 0 Å². The number of rotatable bonds is 6. The van der Waals surface area contributed by atoms with E-state index in [0.717, 1.165) is 17.8 Å². The molecule has 2 N–H and O–H groups in total. The third-order valence-electron chi connectivity index (χ3n) is 6.61. The second-order valence-corrected chi connectivity index (χ2v) is 11.1. The van der Waals surface area contributed by atoms with E-state index in [9.17, 15) is 23.1 Å². The number of hydrogen-bond acceptors (Lipinski definition) is 7. The summed E-state index contributed by atoms with van der Waals surface area (Å²) in [7, 11) is 0. The number of hydrogen-bond donors (Lipinski definition) is 2. The Kier molecular flexibility index (Phi) is 7.87. The lowest BCUT2D eigenvalue weighted by atomic mass is 9.95. The number of imidazole rings is 1. The summed E-state index contributed by atoms with van der Waals surface area (Å²) in [6.45, 7) is 5.81. The molecule has 0 saturated carbocycles. The van der Waals surface area contributed by atoms with E-state index in [1.165, 1.54) is 6.07 Å². The summed E-state index contributed by atoms with van der Waals surface area (Å²) >= 11 is 0. The smallest absolute Gasteiger partial charge is 0.416 e. The average molecular weight is 578 g/mol. The van der Waals surface area contributed by atoms with Crippen molar-refractivity contribution < 1.29 is 27.8 Å². The van der Waals surface area contributed by atoms with Crippen LogP contribution < -0.4 is 5.32 Å². The van der Waals surface area contributed by atoms with Gasteiger partial charge in [0.15, 0.2) is 0 Å². The summed E-state index contributed by atoms with van der Waals surface area (Å²) in [4.78, 5) is 25.8. The molecule has 4 aromatic rings. The Morgan fingerprint density at radius 3 is 2.50 bits per heavy atom. The molecule has 0 spiro atoms. The van der Waals surface area contributed by atoms with Crippen LogP contribution in [-0.4, -0.2) is 42.8 Å². The van der Waals surface area contributed by atoms with Crippen LogP contribution in [0.5, 0.6) is 0 Å². The van der Waals surface area contributed by atoms with Crippen LogP contribution in [0, 0.1) is 0 Å². The van der Waals surface area contributed by atoms with E-state index in [1.54, 1.807) is 35.2 Å². The fourth-order valence-corrected chi connectivity index (χ4v) is 4.71. The first kappa shape index (κ1) is 29.0. The Morgan fingerprint density at radius 1 is 1.05 bits per heavy atom. The van der Waals surface area contributed by atoms with Gasteiger partial charge in [0.2, 0.25) is 5.95 Å². The average Bonchev–Trinajstić information content (AvgIpc) is 3.32. The second-order valence-electron chi connectivity index (χ2n) is 11.1. The molecule has 11 heteroatoms. The molecule has 1 saturated heterocycles. The molecule has 0 aliphatic carbocycles. The van der Waals surface area contributed by atoms with Gasteiger partial charge in [-0.2, -0.15) is 13.2 Å². The van der Waals surface area contributed by atoms with Gasteiger partial charge in [0.05, 0.1) is 29.5 Å². The largest absolute Gasteiger partial charge is 0.458 e. The number of para-hydroxylation sites is 1. The summed E-state index contributed by atoms with van der Waals surface area (Å²) in [5.41, 5.74) is 0.786. The molecule has 2 aromatic heterocycles. The van der Waals surface area contributed by atoms with Crippen molar-refractivity contribution in [2.45, 2.75) is 57.4 Å². The van der Waals surface area contributed by atoms with Gasteiger partial charge in [-0.15, -0.1) is 0 Å². The Balaban J connectivity index is 1.69. The van der Waals surface area contributed by atoms with E-state index in [-0.39, 0.29) is 18.4 Å². The van der Waals surface area contributed by atoms with Gasteiger partial charge < -0.3 is 19.7 Å². The van der Waals surface area contributed by atoms with Crippen molar-refractivity contribution in [3.05, 3.63) is 84.3 Å². The van der Waals surface area contributed by atoms with Crippen LogP contribution in [0.1, 0.15) is 45.0 Å². The van der Waals surface area contributed by atoms with Gasteiger partial charge in [0.1, 0.15) is 17.6 Å². The number of nitrogens with zero attached hydrogens (tertiary/aromatic N) is 4. The third kappa shape index (κ3) is 6.52. The highest BCUT2D eigenvalue weighted by atomic mass is 19.4. The Labute approximate surface area is 240 Å². The van der Waals surface area contributed by atoms with Crippen LogP contribution in [-0.2, 0) is 21.1 Å². The summed E-state index contributed by atoms with van der Waals surface area (Å²) in [6.07, 6.45) is -1.21. The standard InChI is InChI=1S/C31H30F3N5O3/c1-30(2,3)28-38-26(24-12-14-35-29(37-24)36-21-10-5-4-6-11-21)27(19-8-7-9-20(16-19)31(32,33)34)39(28)15-13-23-17-22(40)18-25(41)42-23/h4-16,22-23,40H,17-18H2,1-3H3,(H,35,36,37)/t22-,23-/m1/s1. The molecule has 0 bridgehead atoms. The van der Waals surface area contributed by atoms with Gasteiger partial charge in [0.25, 0.3) is 0 Å².